The summed E-state index contributed by atoms with van der Waals surface area (Å²) in [6.07, 6.45) is -4.49. The van der Waals surface area contributed by atoms with Crippen LogP contribution in [-0.2, 0) is 4.74 Å². The predicted octanol–water partition coefficient (Wildman–Crippen LogP) is 2.57. The number of halogens is 3. The molecular weight excluding hydrogens is 145 g/mol. The lowest BCUT2D eigenvalue weighted by atomic mass is 9.99. The highest BCUT2D eigenvalue weighted by atomic mass is 19.4. The molecule has 0 spiro atoms. The Labute approximate surface area is 58.2 Å². The van der Waals surface area contributed by atoms with Gasteiger partial charge >= 0.3 is 6.36 Å². The van der Waals surface area contributed by atoms with Gasteiger partial charge < -0.3 is 0 Å². The van der Waals surface area contributed by atoms with Gasteiger partial charge in [-0.15, -0.1) is 13.2 Å². The summed E-state index contributed by atoms with van der Waals surface area (Å²) in [5, 5.41) is 0. The summed E-state index contributed by atoms with van der Waals surface area (Å²) in [4.78, 5) is 0. The van der Waals surface area contributed by atoms with Gasteiger partial charge in [0, 0.05) is 0 Å². The van der Waals surface area contributed by atoms with E-state index in [1.54, 1.807) is 20.8 Å². The Morgan fingerprint density at radius 3 is 1.60 bits per heavy atom. The van der Waals surface area contributed by atoms with Crippen LogP contribution in [0.25, 0.3) is 0 Å². The molecule has 0 saturated heterocycles. The molecule has 0 amide bonds. The van der Waals surface area contributed by atoms with Gasteiger partial charge in [0.1, 0.15) is 0 Å². The van der Waals surface area contributed by atoms with Gasteiger partial charge in [0.05, 0.1) is 6.61 Å². The minimum absolute atomic E-state index is 0.295. The summed E-state index contributed by atoms with van der Waals surface area (Å²) in [5.41, 5.74) is -0.435. The van der Waals surface area contributed by atoms with Crippen LogP contribution in [0.15, 0.2) is 0 Å². The van der Waals surface area contributed by atoms with E-state index in [1.807, 2.05) is 0 Å². The molecule has 0 aliphatic heterocycles. The third-order valence-electron chi connectivity index (χ3n) is 0.669. The SMILES string of the molecule is CC(C)(C)COC(F)(F)F. The van der Waals surface area contributed by atoms with Crippen LogP contribution in [0, 0.1) is 5.41 Å². The smallest absolute Gasteiger partial charge is 0.291 e. The average Bonchev–Trinajstić information content (AvgIpc) is 1.57. The van der Waals surface area contributed by atoms with Crippen LogP contribution in [-0.4, -0.2) is 13.0 Å². The number of hydrogen-bond donors (Lipinski definition) is 0. The fraction of sp³-hybridized carbons (Fsp3) is 1.00. The van der Waals surface area contributed by atoms with E-state index in [1.165, 1.54) is 0 Å². The van der Waals surface area contributed by atoms with Crippen LogP contribution in [0.1, 0.15) is 20.8 Å². The van der Waals surface area contributed by atoms with Gasteiger partial charge in [-0.3, -0.25) is 4.74 Å². The molecule has 0 aliphatic carbocycles. The predicted molar refractivity (Wildman–Crippen MR) is 31.5 cm³/mol. The summed E-state index contributed by atoms with van der Waals surface area (Å²) in [7, 11) is 0. The van der Waals surface area contributed by atoms with E-state index in [-0.39, 0.29) is 6.61 Å². The Bertz CT molecular complexity index is 86.5. The van der Waals surface area contributed by atoms with Gasteiger partial charge in [0.2, 0.25) is 0 Å². The quantitative estimate of drug-likeness (QED) is 0.567. The standard InChI is InChI=1S/C6H11F3O/c1-5(2,3)4-10-6(7,8)9/h4H2,1-3H3. The largest absolute Gasteiger partial charge is 0.522 e. The van der Waals surface area contributed by atoms with Crippen LogP contribution in [0.2, 0.25) is 0 Å². The highest BCUT2D eigenvalue weighted by molar-refractivity contribution is 4.58. The van der Waals surface area contributed by atoms with Gasteiger partial charge in [-0.25, -0.2) is 0 Å². The van der Waals surface area contributed by atoms with Crippen LogP contribution >= 0.6 is 0 Å². The normalized spacial score (nSPS) is 13.8. The molecule has 0 unspecified atom stereocenters. The zero-order chi connectivity index (χ0) is 8.41. The number of hydrogen-bond acceptors (Lipinski definition) is 1. The van der Waals surface area contributed by atoms with Crippen LogP contribution in [0.5, 0.6) is 0 Å². The second-order valence-corrected chi connectivity index (χ2v) is 3.30. The molecule has 0 radical (unpaired) electrons. The van der Waals surface area contributed by atoms with Crippen molar-refractivity contribution in [1.82, 2.24) is 0 Å². The number of rotatable bonds is 1. The van der Waals surface area contributed by atoms with Crippen molar-refractivity contribution in [2.45, 2.75) is 27.1 Å². The lowest BCUT2D eigenvalue weighted by Gasteiger charge is -2.18. The zero-order valence-electron chi connectivity index (χ0n) is 6.25. The van der Waals surface area contributed by atoms with Gasteiger partial charge in [-0.1, -0.05) is 20.8 Å². The molecule has 0 aromatic carbocycles. The molecule has 0 aromatic heterocycles. The van der Waals surface area contributed by atoms with E-state index < -0.39 is 11.8 Å². The zero-order valence-corrected chi connectivity index (χ0v) is 6.25. The fourth-order valence-corrected chi connectivity index (χ4v) is 0.298. The molecule has 0 aromatic rings. The van der Waals surface area contributed by atoms with E-state index in [2.05, 4.69) is 4.74 Å². The summed E-state index contributed by atoms with van der Waals surface area (Å²) in [6.45, 7) is 4.74. The summed E-state index contributed by atoms with van der Waals surface area (Å²) < 4.78 is 37.7. The van der Waals surface area contributed by atoms with Crippen molar-refractivity contribution in [2.24, 2.45) is 5.41 Å². The molecule has 10 heavy (non-hydrogen) atoms. The fourth-order valence-electron chi connectivity index (χ4n) is 0.298. The second kappa shape index (κ2) is 2.78. The van der Waals surface area contributed by atoms with Crippen molar-refractivity contribution < 1.29 is 17.9 Å². The van der Waals surface area contributed by atoms with E-state index in [4.69, 9.17) is 0 Å². The Kier molecular flexibility index (Phi) is 2.71. The van der Waals surface area contributed by atoms with Crippen molar-refractivity contribution in [3.63, 3.8) is 0 Å². The third-order valence-corrected chi connectivity index (χ3v) is 0.669. The first kappa shape index (κ1) is 9.75. The molecule has 0 bridgehead atoms. The Hall–Kier alpha value is -0.250. The lowest BCUT2D eigenvalue weighted by molar-refractivity contribution is -0.331. The van der Waals surface area contributed by atoms with Crippen LogP contribution < -0.4 is 0 Å². The van der Waals surface area contributed by atoms with E-state index in [0.717, 1.165) is 0 Å². The van der Waals surface area contributed by atoms with E-state index in [9.17, 15) is 13.2 Å². The maximum atomic E-state index is 11.4. The summed E-state index contributed by atoms with van der Waals surface area (Å²) in [6, 6.07) is 0. The van der Waals surface area contributed by atoms with Crippen molar-refractivity contribution in [3.8, 4) is 0 Å². The Morgan fingerprint density at radius 1 is 1.10 bits per heavy atom. The van der Waals surface area contributed by atoms with Crippen LogP contribution in [0.4, 0.5) is 13.2 Å². The molecule has 0 heterocycles. The lowest BCUT2D eigenvalue weighted by Crippen LogP contribution is -2.22. The average molecular weight is 156 g/mol. The highest BCUT2D eigenvalue weighted by Gasteiger charge is 2.31. The minimum Gasteiger partial charge on any atom is -0.291 e. The monoisotopic (exact) mass is 156 g/mol. The maximum absolute atomic E-state index is 11.4. The van der Waals surface area contributed by atoms with E-state index in [0.29, 0.717) is 0 Å². The minimum atomic E-state index is -4.49. The second-order valence-electron chi connectivity index (χ2n) is 3.30. The van der Waals surface area contributed by atoms with Crippen LogP contribution in [0.3, 0.4) is 0 Å². The molecule has 0 N–H and O–H groups in total. The molecule has 62 valence electrons. The first-order valence-electron chi connectivity index (χ1n) is 2.91. The number of ether oxygens (including phenoxy) is 1. The molecule has 0 fully saturated rings. The van der Waals surface area contributed by atoms with Gasteiger partial charge in [0.15, 0.2) is 0 Å². The third kappa shape index (κ3) is 7.75. The molecule has 0 aliphatic rings. The molecule has 1 nitrogen and oxygen atoms in total. The molecule has 0 atom stereocenters. The summed E-state index contributed by atoms with van der Waals surface area (Å²) >= 11 is 0. The van der Waals surface area contributed by atoms with Crippen molar-refractivity contribution in [2.75, 3.05) is 6.61 Å². The van der Waals surface area contributed by atoms with Crippen molar-refractivity contribution in [1.29, 1.82) is 0 Å². The van der Waals surface area contributed by atoms with Gasteiger partial charge in [-0.2, -0.15) is 0 Å². The van der Waals surface area contributed by atoms with Gasteiger partial charge in [0.25, 0.3) is 0 Å². The van der Waals surface area contributed by atoms with E-state index >= 15 is 0 Å². The van der Waals surface area contributed by atoms with Gasteiger partial charge in [-0.05, 0) is 5.41 Å². The van der Waals surface area contributed by atoms with Crippen molar-refractivity contribution in [3.05, 3.63) is 0 Å². The Morgan fingerprint density at radius 2 is 1.50 bits per heavy atom. The first-order chi connectivity index (χ1) is 4.21. The number of alkyl halides is 3. The molecule has 0 saturated carbocycles. The Balaban J connectivity index is 3.56. The molecule has 4 heteroatoms. The first-order valence-corrected chi connectivity index (χ1v) is 2.91. The molecular formula is C6H11F3O. The van der Waals surface area contributed by atoms with Crippen molar-refractivity contribution >= 4 is 0 Å². The summed E-state index contributed by atoms with van der Waals surface area (Å²) in [5.74, 6) is 0. The maximum Gasteiger partial charge on any atom is 0.522 e. The highest BCUT2D eigenvalue weighted by Crippen LogP contribution is 2.21. The molecule has 0 rings (SSSR count). The topological polar surface area (TPSA) is 9.23 Å².